The number of rotatable bonds is 12. The molecule has 4 amide bonds. The van der Waals surface area contributed by atoms with Crippen LogP contribution in [0.25, 0.3) is 22.5 Å². The third-order valence-electron chi connectivity index (χ3n) is 11.3. The largest absolute Gasteiger partial charge is 0.465 e. The Hall–Kier alpha value is -7.42. The number of likely N-dealkylation sites (tertiary alicyclic amines) is 2. The number of ether oxygens (including phenoxy) is 2. The Morgan fingerprint density at radius 1 is 0.721 bits per heavy atom. The molecule has 2 aromatic heterocycles. The molecule has 2 aliphatic rings. The third-order valence-corrected chi connectivity index (χ3v) is 11.3. The van der Waals surface area contributed by atoms with Crippen LogP contribution in [0.2, 0.25) is 0 Å². The molecule has 0 spiro atoms. The van der Waals surface area contributed by atoms with Crippen LogP contribution in [0.1, 0.15) is 72.6 Å². The average molecular weight is 823 g/mol. The Balaban J connectivity index is 0.928. The van der Waals surface area contributed by atoms with Gasteiger partial charge in [0.05, 0.1) is 30.6 Å². The van der Waals surface area contributed by atoms with Gasteiger partial charge in [0.2, 0.25) is 0 Å². The smallest absolute Gasteiger partial charge is 0.407 e. The summed E-state index contributed by atoms with van der Waals surface area (Å²) in [6, 6.07) is 30.7. The van der Waals surface area contributed by atoms with Gasteiger partial charge in [0.1, 0.15) is 35.2 Å². The topological polar surface area (TPSA) is 186 Å². The van der Waals surface area contributed by atoms with Crippen molar-refractivity contribution < 1.29 is 33.8 Å². The number of hydrogen-bond donors (Lipinski definition) is 4. The van der Waals surface area contributed by atoms with E-state index in [9.17, 15) is 24.3 Å². The van der Waals surface area contributed by atoms with Crippen LogP contribution in [0.4, 0.5) is 9.59 Å². The number of benzene rings is 4. The van der Waals surface area contributed by atoms with Crippen molar-refractivity contribution in [3.8, 4) is 34.0 Å². The van der Waals surface area contributed by atoms with Gasteiger partial charge in [0.25, 0.3) is 11.8 Å². The van der Waals surface area contributed by atoms with Crippen molar-refractivity contribution >= 4 is 24.0 Å². The summed E-state index contributed by atoms with van der Waals surface area (Å²) in [5.41, 5.74) is 4.36. The number of amides is 4. The number of carbonyl (C=O) groups excluding carboxylic acids is 3. The molecule has 0 saturated carbocycles. The normalized spacial score (nSPS) is 17.1. The molecule has 0 radical (unpaired) electrons. The molecular weight excluding hydrogens is 777 g/mol. The number of methoxy groups -OCH3 is 1. The highest BCUT2D eigenvalue weighted by molar-refractivity contribution is 5.88. The lowest BCUT2D eigenvalue weighted by Crippen LogP contribution is -2.43. The molecule has 312 valence electrons. The summed E-state index contributed by atoms with van der Waals surface area (Å²) in [6.07, 6.45) is 4.75. The van der Waals surface area contributed by atoms with Gasteiger partial charge in [-0.1, -0.05) is 72.8 Å². The number of carbonyl (C=O) groups is 4. The van der Waals surface area contributed by atoms with Gasteiger partial charge in [-0.2, -0.15) is 0 Å². The van der Waals surface area contributed by atoms with E-state index in [-0.39, 0.29) is 23.9 Å². The SMILES string of the molecule is COC(=O)N[C@@H](C(=O)N1CCC[C@H]1c1nc(-c2ccc(Oc3cccc(-c4c[nH]c([C@@H]5CCCN5C(=O)[C@@H](c5ccccc5)N(C)C(=O)O)n4)c3)cc2)c[nH]1)c1ccccc1. The molecule has 2 saturated heterocycles. The van der Waals surface area contributed by atoms with E-state index in [0.29, 0.717) is 59.5 Å². The van der Waals surface area contributed by atoms with Crippen molar-refractivity contribution in [2.75, 3.05) is 27.2 Å². The van der Waals surface area contributed by atoms with Crippen LogP contribution in [0, 0.1) is 0 Å². The van der Waals surface area contributed by atoms with E-state index in [0.717, 1.165) is 41.0 Å². The van der Waals surface area contributed by atoms with E-state index in [1.54, 1.807) is 46.2 Å². The maximum atomic E-state index is 14.0. The van der Waals surface area contributed by atoms with Gasteiger partial charge in [0, 0.05) is 43.7 Å². The summed E-state index contributed by atoms with van der Waals surface area (Å²) in [6.45, 7) is 1.03. The summed E-state index contributed by atoms with van der Waals surface area (Å²) >= 11 is 0. The van der Waals surface area contributed by atoms with Crippen molar-refractivity contribution in [3.05, 3.63) is 144 Å². The minimum Gasteiger partial charge on any atom is -0.465 e. The number of carboxylic acid groups (broad SMARTS) is 1. The minimum atomic E-state index is -1.18. The molecular formula is C46H46N8O7. The fourth-order valence-corrected chi connectivity index (χ4v) is 8.20. The predicted octanol–water partition coefficient (Wildman–Crippen LogP) is 8.03. The second-order valence-corrected chi connectivity index (χ2v) is 15.1. The highest BCUT2D eigenvalue weighted by Gasteiger charge is 2.40. The Morgan fingerprint density at radius 2 is 1.30 bits per heavy atom. The van der Waals surface area contributed by atoms with Crippen LogP contribution in [-0.4, -0.2) is 91.0 Å². The lowest BCUT2D eigenvalue weighted by atomic mass is 10.0. The van der Waals surface area contributed by atoms with Gasteiger partial charge in [0.15, 0.2) is 0 Å². The fourth-order valence-electron chi connectivity index (χ4n) is 8.20. The van der Waals surface area contributed by atoms with Crippen LogP contribution >= 0.6 is 0 Å². The highest BCUT2D eigenvalue weighted by Crippen LogP contribution is 2.37. The van der Waals surface area contributed by atoms with Gasteiger partial charge in [-0.25, -0.2) is 19.6 Å². The highest BCUT2D eigenvalue weighted by atomic mass is 16.5. The van der Waals surface area contributed by atoms with Gasteiger partial charge in [-0.15, -0.1) is 0 Å². The molecule has 61 heavy (non-hydrogen) atoms. The van der Waals surface area contributed by atoms with Gasteiger partial charge < -0.3 is 39.7 Å². The van der Waals surface area contributed by atoms with E-state index >= 15 is 0 Å². The molecule has 0 unspecified atom stereocenters. The third kappa shape index (κ3) is 8.67. The first-order valence-electron chi connectivity index (χ1n) is 20.2. The van der Waals surface area contributed by atoms with Crippen molar-refractivity contribution in [3.63, 3.8) is 0 Å². The number of nitrogens with zero attached hydrogens (tertiary/aromatic N) is 5. The second-order valence-electron chi connectivity index (χ2n) is 15.1. The summed E-state index contributed by atoms with van der Waals surface area (Å²) < 4.78 is 11.1. The molecule has 6 aromatic rings. The summed E-state index contributed by atoms with van der Waals surface area (Å²) in [7, 11) is 2.69. The predicted molar refractivity (Wildman–Crippen MR) is 225 cm³/mol. The Morgan fingerprint density at radius 3 is 1.89 bits per heavy atom. The number of aromatic amines is 2. The van der Waals surface area contributed by atoms with Gasteiger partial charge in [-0.05, 0) is 73.2 Å². The Bertz CT molecular complexity index is 2490. The Kier molecular flexibility index (Phi) is 11.8. The van der Waals surface area contributed by atoms with E-state index in [2.05, 4.69) is 15.3 Å². The molecule has 0 aliphatic carbocycles. The van der Waals surface area contributed by atoms with Crippen molar-refractivity contribution in [1.29, 1.82) is 0 Å². The monoisotopic (exact) mass is 822 g/mol. The molecule has 15 nitrogen and oxygen atoms in total. The van der Waals surface area contributed by atoms with E-state index in [1.165, 1.54) is 14.2 Å². The number of nitrogens with one attached hydrogen (secondary N) is 3. The second kappa shape index (κ2) is 17.8. The van der Waals surface area contributed by atoms with Crippen molar-refractivity contribution in [2.24, 2.45) is 0 Å². The van der Waals surface area contributed by atoms with Crippen LogP contribution in [0.5, 0.6) is 11.5 Å². The number of aromatic nitrogens is 4. The quantitative estimate of drug-likeness (QED) is 0.0948. The standard InChI is InChI=1S/C46H46N8O7/c1-52(46(58)59)40(31-14-7-4-8-15-31)44(56)54-25-11-19-38(54)42-48-28-36(50-42)32-16-9-17-34(26-32)61-33-22-20-29(21-23-33)35-27-47-41(49-35)37-18-10-24-53(37)43(55)39(51-45(57)60-2)30-12-5-3-6-13-30/h3-9,12-17,20-23,26-28,37-40H,10-11,18-19,24-25H2,1-2H3,(H,47,49)(H,48,50)(H,51,57)(H,58,59)/t37-,38-,39+,40+/m0/s1. The van der Waals surface area contributed by atoms with E-state index < -0.39 is 24.3 Å². The van der Waals surface area contributed by atoms with E-state index in [1.807, 2.05) is 85.2 Å². The lowest BCUT2D eigenvalue weighted by Gasteiger charge is -2.32. The fraction of sp³-hybridized carbons (Fsp3) is 0.261. The molecule has 15 heteroatoms. The number of hydrogen-bond acceptors (Lipinski definition) is 8. The first-order chi connectivity index (χ1) is 29.7. The van der Waals surface area contributed by atoms with Gasteiger partial charge >= 0.3 is 12.2 Å². The molecule has 2 fully saturated rings. The van der Waals surface area contributed by atoms with Crippen molar-refractivity contribution in [2.45, 2.75) is 49.9 Å². The summed E-state index contributed by atoms with van der Waals surface area (Å²) in [4.78, 5) is 73.0. The molecule has 2 aliphatic heterocycles. The Labute approximate surface area is 352 Å². The summed E-state index contributed by atoms with van der Waals surface area (Å²) in [5.74, 6) is 2.01. The first kappa shape index (κ1) is 40.4. The number of imidazole rings is 2. The van der Waals surface area contributed by atoms with E-state index in [4.69, 9.17) is 19.4 Å². The van der Waals surface area contributed by atoms with Crippen molar-refractivity contribution in [1.82, 2.24) is 40.0 Å². The van der Waals surface area contributed by atoms with Crippen LogP contribution in [0.15, 0.2) is 122 Å². The molecule has 8 rings (SSSR count). The average Bonchev–Trinajstić information content (AvgIpc) is 4.14. The maximum Gasteiger partial charge on any atom is 0.407 e. The number of H-pyrrole nitrogens is 2. The minimum absolute atomic E-state index is 0.234. The molecule has 4 heterocycles. The molecule has 4 aromatic carbocycles. The molecule has 4 N–H and O–H groups in total. The van der Waals surface area contributed by atoms with Gasteiger partial charge in [-0.3, -0.25) is 14.5 Å². The zero-order valence-corrected chi connectivity index (χ0v) is 33.7. The zero-order valence-electron chi connectivity index (χ0n) is 33.7. The van der Waals surface area contributed by atoms with Crippen LogP contribution < -0.4 is 10.1 Å². The molecule has 0 bridgehead atoms. The first-order valence-corrected chi connectivity index (χ1v) is 20.2. The zero-order chi connectivity index (χ0) is 42.5. The maximum absolute atomic E-state index is 14.0. The lowest BCUT2D eigenvalue weighted by molar-refractivity contribution is -0.137. The summed E-state index contributed by atoms with van der Waals surface area (Å²) in [5, 5.41) is 12.5. The van der Waals surface area contributed by atoms with Crippen LogP contribution in [-0.2, 0) is 14.3 Å². The molecule has 4 atom stereocenters. The number of alkyl carbamates (subject to hydrolysis) is 1. The number of likely N-dealkylation sites (N-methyl/N-ethyl adjacent to an activating group) is 1. The van der Waals surface area contributed by atoms with Crippen LogP contribution in [0.3, 0.4) is 0 Å².